The SMILES string of the molecule is [B]c1ccc(C(=O)OCc2ccccc2)c(N2CCS(C)(C)CC2)c1. The van der Waals surface area contributed by atoms with Gasteiger partial charge in [-0.15, -0.1) is 0 Å². The van der Waals surface area contributed by atoms with Crippen LogP contribution in [-0.4, -0.2) is 50.9 Å². The molecule has 1 aliphatic heterocycles. The van der Waals surface area contributed by atoms with Crippen molar-refractivity contribution in [1.29, 1.82) is 0 Å². The van der Waals surface area contributed by atoms with E-state index in [0.717, 1.165) is 24.3 Å². The molecular weight excluding hydrogens is 329 g/mol. The molecule has 1 fully saturated rings. The van der Waals surface area contributed by atoms with Crippen LogP contribution >= 0.6 is 10.0 Å². The first-order chi connectivity index (χ1) is 11.9. The number of carbonyl (C=O) groups is 1. The molecule has 0 aliphatic carbocycles. The second-order valence-corrected chi connectivity index (χ2v) is 11.4. The van der Waals surface area contributed by atoms with E-state index in [1.54, 1.807) is 12.1 Å². The molecule has 1 aliphatic rings. The molecule has 2 aromatic carbocycles. The van der Waals surface area contributed by atoms with Crippen LogP contribution < -0.4 is 10.4 Å². The minimum Gasteiger partial charge on any atom is -0.457 e. The monoisotopic (exact) mass is 353 g/mol. The second kappa shape index (κ2) is 7.57. The Bertz CT molecular complexity index is 739. The number of hydrogen-bond donors (Lipinski definition) is 0. The van der Waals surface area contributed by atoms with Gasteiger partial charge >= 0.3 is 5.97 Å². The van der Waals surface area contributed by atoms with Crippen LogP contribution in [0.4, 0.5) is 5.69 Å². The number of anilines is 1. The first-order valence-corrected chi connectivity index (χ1v) is 11.3. The molecule has 1 heterocycles. The summed E-state index contributed by atoms with van der Waals surface area (Å²) in [4.78, 5) is 14.9. The van der Waals surface area contributed by atoms with Crippen molar-refractivity contribution in [3.05, 3.63) is 59.7 Å². The predicted molar refractivity (Wildman–Crippen MR) is 109 cm³/mol. The summed E-state index contributed by atoms with van der Waals surface area (Å²) in [6, 6.07) is 15.2. The molecule has 0 aromatic heterocycles. The summed E-state index contributed by atoms with van der Waals surface area (Å²) >= 11 is 0. The van der Waals surface area contributed by atoms with Crippen molar-refractivity contribution in [3.8, 4) is 0 Å². The Hall–Kier alpha value is -1.88. The molecule has 2 radical (unpaired) electrons. The zero-order valence-electron chi connectivity index (χ0n) is 14.9. The first kappa shape index (κ1) is 17.9. The van der Waals surface area contributed by atoms with Crippen LogP contribution in [0.3, 0.4) is 0 Å². The maximum Gasteiger partial charge on any atom is 0.340 e. The molecule has 0 bridgehead atoms. The lowest BCUT2D eigenvalue weighted by atomic mass is 9.93. The van der Waals surface area contributed by atoms with Crippen LogP contribution in [0.5, 0.6) is 0 Å². The van der Waals surface area contributed by atoms with Gasteiger partial charge in [0, 0.05) is 13.1 Å². The van der Waals surface area contributed by atoms with Crippen LogP contribution in [-0.2, 0) is 11.3 Å². The molecule has 130 valence electrons. The van der Waals surface area contributed by atoms with Gasteiger partial charge in [0.15, 0.2) is 0 Å². The zero-order chi connectivity index (χ0) is 17.9. The van der Waals surface area contributed by atoms with Gasteiger partial charge in [-0.25, -0.2) is 14.8 Å². The fourth-order valence-electron chi connectivity index (χ4n) is 2.95. The topological polar surface area (TPSA) is 29.5 Å². The zero-order valence-corrected chi connectivity index (χ0v) is 15.7. The Kier molecular flexibility index (Phi) is 5.43. The molecule has 0 saturated carbocycles. The third-order valence-electron chi connectivity index (χ3n) is 4.62. The summed E-state index contributed by atoms with van der Waals surface area (Å²) in [5.74, 6) is 2.07. The smallest absolute Gasteiger partial charge is 0.340 e. The van der Waals surface area contributed by atoms with E-state index >= 15 is 0 Å². The summed E-state index contributed by atoms with van der Waals surface area (Å²) in [5, 5.41) is 0. The average Bonchev–Trinajstić information content (AvgIpc) is 2.60. The Morgan fingerprint density at radius 3 is 2.48 bits per heavy atom. The van der Waals surface area contributed by atoms with Gasteiger partial charge in [-0.1, -0.05) is 41.9 Å². The second-order valence-electron chi connectivity index (χ2n) is 7.00. The van der Waals surface area contributed by atoms with E-state index in [-0.39, 0.29) is 12.6 Å². The van der Waals surface area contributed by atoms with E-state index in [0.29, 0.717) is 11.0 Å². The van der Waals surface area contributed by atoms with Crippen LogP contribution in [0.15, 0.2) is 48.5 Å². The van der Waals surface area contributed by atoms with Crippen molar-refractivity contribution < 1.29 is 9.53 Å². The molecule has 0 atom stereocenters. The Morgan fingerprint density at radius 2 is 1.80 bits per heavy atom. The van der Waals surface area contributed by atoms with E-state index < -0.39 is 10.0 Å². The molecule has 5 heteroatoms. The number of esters is 1. The predicted octanol–water partition coefficient (Wildman–Crippen LogP) is 2.72. The van der Waals surface area contributed by atoms with Crippen molar-refractivity contribution in [2.75, 3.05) is 42.0 Å². The molecule has 3 nitrogen and oxygen atoms in total. The van der Waals surface area contributed by atoms with Crippen molar-refractivity contribution in [2.45, 2.75) is 6.61 Å². The van der Waals surface area contributed by atoms with Gasteiger partial charge in [0.2, 0.25) is 0 Å². The molecule has 0 spiro atoms. The third-order valence-corrected chi connectivity index (χ3v) is 7.20. The standard InChI is InChI=1S/C20H24BNO2S/c1-25(2)12-10-22(11-13-25)19-14-17(21)8-9-18(19)20(23)24-15-16-6-4-3-5-7-16/h3-9,14H,10-13,15H2,1-2H3. The Morgan fingerprint density at radius 1 is 1.12 bits per heavy atom. The Labute approximate surface area is 153 Å². The summed E-state index contributed by atoms with van der Waals surface area (Å²) < 4.78 is 5.53. The maximum atomic E-state index is 12.6. The molecule has 0 unspecified atom stereocenters. The fraction of sp³-hybridized carbons (Fsp3) is 0.350. The highest BCUT2D eigenvalue weighted by Crippen LogP contribution is 2.42. The lowest BCUT2D eigenvalue weighted by Crippen LogP contribution is -2.39. The van der Waals surface area contributed by atoms with Crippen molar-refractivity contribution in [2.24, 2.45) is 0 Å². The first-order valence-electron chi connectivity index (χ1n) is 8.49. The van der Waals surface area contributed by atoms with E-state index in [1.165, 1.54) is 11.5 Å². The number of benzene rings is 2. The summed E-state index contributed by atoms with van der Waals surface area (Å²) in [7, 11) is 5.48. The van der Waals surface area contributed by atoms with E-state index in [1.807, 2.05) is 36.4 Å². The molecule has 1 saturated heterocycles. The van der Waals surface area contributed by atoms with Crippen molar-refractivity contribution in [1.82, 2.24) is 0 Å². The van der Waals surface area contributed by atoms with Gasteiger partial charge in [-0.05, 0) is 41.7 Å². The summed E-state index contributed by atoms with van der Waals surface area (Å²) in [6.07, 6.45) is 4.75. The van der Waals surface area contributed by atoms with Gasteiger partial charge in [0.05, 0.1) is 11.3 Å². The van der Waals surface area contributed by atoms with E-state index in [2.05, 4.69) is 17.4 Å². The molecule has 3 rings (SSSR count). The third kappa shape index (κ3) is 4.60. The molecule has 25 heavy (non-hydrogen) atoms. The summed E-state index contributed by atoms with van der Waals surface area (Å²) in [6.45, 7) is 2.20. The fourth-order valence-corrected chi connectivity index (χ4v) is 4.59. The highest BCUT2D eigenvalue weighted by Gasteiger charge is 2.25. The number of carbonyl (C=O) groups excluding carboxylic acids is 1. The number of nitrogens with zero attached hydrogens (tertiary/aromatic N) is 1. The van der Waals surface area contributed by atoms with Crippen LogP contribution in [0, 0.1) is 0 Å². The highest BCUT2D eigenvalue weighted by molar-refractivity contribution is 8.32. The van der Waals surface area contributed by atoms with Crippen LogP contribution in [0.2, 0.25) is 0 Å². The highest BCUT2D eigenvalue weighted by atomic mass is 32.3. The molecule has 0 N–H and O–H groups in total. The van der Waals surface area contributed by atoms with Crippen LogP contribution in [0.1, 0.15) is 15.9 Å². The van der Waals surface area contributed by atoms with Gasteiger partial charge in [-0.3, -0.25) is 0 Å². The van der Waals surface area contributed by atoms with Gasteiger partial charge < -0.3 is 9.64 Å². The van der Waals surface area contributed by atoms with Crippen molar-refractivity contribution in [3.63, 3.8) is 0 Å². The molecular formula is C20H24BNO2S. The maximum absolute atomic E-state index is 12.6. The Balaban J connectivity index is 1.76. The van der Waals surface area contributed by atoms with Gasteiger partial charge in [0.1, 0.15) is 14.5 Å². The average molecular weight is 353 g/mol. The number of rotatable bonds is 4. The normalized spacial score (nSPS) is 17.8. The molecule has 0 amide bonds. The minimum absolute atomic E-state index is 0.278. The lowest BCUT2D eigenvalue weighted by molar-refractivity contribution is 0.0473. The van der Waals surface area contributed by atoms with E-state index in [4.69, 9.17) is 12.6 Å². The summed E-state index contributed by atoms with van der Waals surface area (Å²) in [5.41, 5.74) is 3.15. The lowest BCUT2D eigenvalue weighted by Gasteiger charge is -2.42. The number of ether oxygens (including phenoxy) is 1. The number of hydrogen-bond acceptors (Lipinski definition) is 3. The largest absolute Gasteiger partial charge is 0.457 e. The molecule has 2 aromatic rings. The quantitative estimate of drug-likeness (QED) is 0.625. The van der Waals surface area contributed by atoms with E-state index in [9.17, 15) is 4.79 Å². The van der Waals surface area contributed by atoms with Gasteiger partial charge in [-0.2, -0.15) is 0 Å². The van der Waals surface area contributed by atoms with Gasteiger partial charge in [0.25, 0.3) is 0 Å². The minimum atomic E-state index is -0.502. The van der Waals surface area contributed by atoms with Crippen LogP contribution in [0.25, 0.3) is 0 Å². The van der Waals surface area contributed by atoms with Crippen molar-refractivity contribution >= 4 is 35.0 Å².